The molecule has 0 spiro atoms. The van der Waals surface area contributed by atoms with Gasteiger partial charge in [-0.2, -0.15) is 0 Å². The molecule has 0 radical (unpaired) electrons. The number of hydrogen-bond donors (Lipinski definition) is 1. The zero-order chi connectivity index (χ0) is 13.0. The summed E-state index contributed by atoms with van der Waals surface area (Å²) in [6.45, 7) is 5.26. The third-order valence-electron chi connectivity index (χ3n) is 3.30. The molecular weight excluding hydrogens is 222 g/mol. The second-order valence-electron chi connectivity index (χ2n) is 4.79. The highest BCUT2D eigenvalue weighted by molar-refractivity contribution is 5.23. The number of nitrogens with one attached hydrogen (secondary N) is 1. The first-order valence-electron chi connectivity index (χ1n) is 6.43. The second-order valence-corrected chi connectivity index (χ2v) is 4.79. The number of hydrogen-bond acceptors (Lipinski definition) is 2. The Kier molecular flexibility index (Phi) is 4.15. The van der Waals surface area contributed by atoms with Crippen LogP contribution < -0.4 is 5.32 Å². The van der Waals surface area contributed by atoms with Gasteiger partial charge in [0.05, 0.1) is 0 Å². The second kappa shape index (κ2) is 5.83. The van der Waals surface area contributed by atoms with Crippen LogP contribution in [0.3, 0.4) is 0 Å². The van der Waals surface area contributed by atoms with E-state index in [0.29, 0.717) is 6.04 Å². The van der Waals surface area contributed by atoms with Gasteiger partial charge in [0.15, 0.2) is 0 Å². The Labute approximate surface area is 109 Å². The third-order valence-corrected chi connectivity index (χ3v) is 3.30. The summed E-state index contributed by atoms with van der Waals surface area (Å²) in [7, 11) is 2.03. The summed E-state index contributed by atoms with van der Waals surface area (Å²) in [5.74, 6) is 1.12. The van der Waals surface area contributed by atoms with Gasteiger partial charge in [0.2, 0.25) is 0 Å². The summed E-state index contributed by atoms with van der Waals surface area (Å²) in [6.07, 6.45) is 4.79. The van der Waals surface area contributed by atoms with Crippen molar-refractivity contribution in [3.8, 4) is 0 Å². The maximum Gasteiger partial charge on any atom is 0.109 e. The summed E-state index contributed by atoms with van der Waals surface area (Å²) in [4.78, 5) is 4.32. The molecule has 18 heavy (non-hydrogen) atoms. The number of aromatic nitrogens is 2. The number of imidazole rings is 1. The largest absolute Gasteiger partial charge is 0.338 e. The predicted molar refractivity (Wildman–Crippen MR) is 74.5 cm³/mol. The van der Waals surface area contributed by atoms with Crippen molar-refractivity contribution >= 4 is 0 Å². The Hall–Kier alpha value is -1.61. The van der Waals surface area contributed by atoms with Crippen LogP contribution in [-0.2, 0) is 13.5 Å². The molecule has 1 atom stereocenters. The first kappa shape index (κ1) is 12.8. The van der Waals surface area contributed by atoms with Crippen molar-refractivity contribution in [2.75, 3.05) is 6.54 Å². The van der Waals surface area contributed by atoms with Gasteiger partial charge in [-0.1, -0.05) is 29.8 Å². The Balaban J connectivity index is 1.83. The van der Waals surface area contributed by atoms with Crippen LogP contribution >= 0.6 is 0 Å². The van der Waals surface area contributed by atoms with Gasteiger partial charge in [-0.05, 0) is 19.4 Å². The van der Waals surface area contributed by atoms with E-state index < -0.39 is 0 Å². The molecule has 0 amide bonds. The number of aryl methyl sites for hydroxylation is 2. The molecule has 0 aliphatic rings. The molecule has 0 saturated carbocycles. The third kappa shape index (κ3) is 3.20. The molecule has 0 bridgehead atoms. The molecule has 1 heterocycles. The van der Waals surface area contributed by atoms with Crippen LogP contribution in [0.15, 0.2) is 36.7 Å². The van der Waals surface area contributed by atoms with Gasteiger partial charge in [0, 0.05) is 38.4 Å². The first-order chi connectivity index (χ1) is 8.66. The van der Waals surface area contributed by atoms with Crippen molar-refractivity contribution in [3.63, 3.8) is 0 Å². The number of benzene rings is 1. The molecule has 0 saturated heterocycles. The lowest BCUT2D eigenvalue weighted by Crippen LogP contribution is -2.22. The van der Waals surface area contributed by atoms with Crippen molar-refractivity contribution in [1.82, 2.24) is 14.9 Å². The van der Waals surface area contributed by atoms with Crippen molar-refractivity contribution in [3.05, 3.63) is 53.6 Å². The summed E-state index contributed by atoms with van der Waals surface area (Å²) >= 11 is 0. The summed E-state index contributed by atoms with van der Waals surface area (Å²) in [5.41, 5.74) is 2.64. The van der Waals surface area contributed by atoms with Crippen molar-refractivity contribution in [1.29, 1.82) is 0 Å². The van der Waals surface area contributed by atoms with E-state index >= 15 is 0 Å². The SMILES string of the molecule is Cc1ccc(C(C)NCCc2nccn2C)cc1. The maximum absolute atomic E-state index is 4.32. The standard InChI is InChI=1S/C15H21N3/c1-12-4-6-14(7-5-12)13(2)16-9-8-15-17-10-11-18(15)3/h4-7,10-11,13,16H,8-9H2,1-3H3. The summed E-state index contributed by atoms with van der Waals surface area (Å²) in [5, 5.41) is 3.53. The topological polar surface area (TPSA) is 29.9 Å². The number of nitrogens with zero attached hydrogens (tertiary/aromatic N) is 2. The lowest BCUT2D eigenvalue weighted by Gasteiger charge is -2.14. The van der Waals surface area contributed by atoms with Gasteiger partial charge in [-0.3, -0.25) is 0 Å². The molecule has 3 nitrogen and oxygen atoms in total. The fourth-order valence-electron chi connectivity index (χ4n) is 2.01. The average Bonchev–Trinajstić information content (AvgIpc) is 2.76. The Morgan fingerprint density at radius 2 is 2.00 bits per heavy atom. The molecular formula is C15H21N3. The van der Waals surface area contributed by atoms with Crippen LogP contribution in [-0.4, -0.2) is 16.1 Å². The first-order valence-corrected chi connectivity index (χ1v) is 6.43. The van der Waals surface area contributed by atoms with E-state index in [2.05, 4.69) is 53.0 Å². The summed E-state index contributed by atoms with van der Waals surface area (Å²) < 4.78 is 2.07. The highest BCUT2D eigenvalue weighted by Crippen LogP contribution is 2.12. The van der Waals surface area contributed by atoms with E-state index in [1.54, 1.807) is 0 Å². The molecule has 2 rings (SSSR count). The van der Waals surface area contributed by atoms with Crippen LogP contribution in [0, 0.1) is 6.92 Å². The van der Waals surface area contributed by atoms with Gasteiger partial charge >= 0.3 is 0 Å². The van der Waals surface area contributed by atoms with Crippen LogP contribution in [0.5, 0.6) is 0 Å². The Morgan fingerprint density at radius 1 is 1.28 bits per heavy atom. The van der Waals surface area contributed by atoms with Crippen LogP contribution in [0.25, 0.3) is 0 Å². The molecule has 0 fully saturated rings. The molecule has 2 aromatic rings. The van der Waals surface area contributed by atoms with Crippen molar-refractivity contribution in [2.24, 2.45) is 7.05 Å². The molecule has 1 aromatic heterocycles. The number of rotatable bonds is 5. The monoisotopic (exact) mass is 243 g/mol. The normalized spacial score (nSPS) is 12.6. The Morgan fingerprint density at radius 3 is 2.61 bits per heavy atom. The molecule has 1 aromatic carbocycles. The minimum absolute atomic E-state index is 0.380. The molecule has 96 valence electrons. The van der Waals surface area contributed by atoms with Gasteiger partial charge in [-0.25, -0.2) is 4.98 Å². The minimum atomic E-state index is 0.380. The van der Waals surface area contributed by atoms with E-state index in [4.69, 9.17) is 0 Å². The zero-order valence-corrected chi connectivity index (χ0v) is 11.4. The lowest BCUT2D eigenvalue weighted by molar-refractivity contribution is 0.565. The van der Waals surface area contributed by atoms with Gasteiger partial charge < -0.3 is 9.88 Å². The fraction of sp³-hybridized carbons (Fsp3) is 0.400. The fourth-order valence-corrected chi connectivity index (χ4v) is 2.01. The molecule has 3 heteroatoms. The van der Waals surface area contributed by atoms with Crippen molar-refractivity contribution < 1.29 is 0 Å². The van der Waals surface area contributed by atoms with Crippen LogP contribution in [0.1, 0.15) is 29.9 Å². The summed E-state index contributed by atoms with van der Waals surface area (Å²) in [6, 6.07) is 9.07. The highest BCUT2D eigenvalue weighted by Gasteiger charge is 2.05. The molecule has 0 aliphatic heterocycles. The van der Waals surface area contributed by atoms with E-state index in [9.17, 15) is 0 Å². The minimum Gasteiger partial charge on any atom is -0.338 e. The van der Waals surface area contributed by atoms with E-state index in [1.807, 2.05) is 19.4 Å². The van der Waals surface area contributed by atoms with E-state index in [0.717, 1.165) is 18.8 Å². The average molecular weight is 243 g/mol. The van der Waals surface area contributed by atoms with Crippen LogP contribution in [0.4, 0.5) is 0 Å². The maximum atomic E-state index is 4.32. The molecule has 1 N–H and O–H groups in total. The van der Waals surface area contributed by atoms with Crippen molar-refractivity contribution in [2.45, 2.75) is 26.3 Å². The molecule has 0 aliphatic carbocycles. The van der Waals surface area contributed by atoms with E-state index in [-0.39, 0.29) is 0 Å². The quantitative estimate of drug-likeness (QED) is 0.875. The molecule has 1 unspecified atom stereocenters. The lowest BCUT2D eigenvalue weighted by atomic mass is 10.1. The van der Waals surface area contributed by atoms with Gasteiger partial charge in [-0.15, -0.1) is 0 Å². The Bertz CT molecular complexity index is 485. The smallest absolute Gasteiger partial charge is 0.109 e. The highest BCUT2D eigenvalue weighted by atomic mass is 15.0. The van der Waals surface area contributed by atoms with Gasteiger partial charge in [0.25, 0.3) is 0 Å². The van der Waals surface area contributed by atoms with Gasteiger partial charge in [0.1, 0.15) is 5.82 Å². The zero-order valence-electron chi connectivity index (χ0n) is 11.4. The van der Waals surface area contributed by atoms with E-state index in [1.165, 1.54) is 11.1 Å². The van der Waals surface area contributed by atoms with Crippen LogP contribution in [0.2, 0.25) is 0 Å². The predicted octanol–water partition coefficient (Wildman–Crippen LogP) is 2.62.